The van der Waals surface area contributed by atoms with Gasteiger partial charge in [0.05, 0.1) is 11.0 Å². The molecule has 0 bridgehead atoms. The first-order valence-electron chi connectivity index (χ1n) is 16.8. The van der Waals surface area contributed by atoms with Crippen molar-refractivity contribution in [1.82, 2.24) is 14.5 Å². The van der Waals surface area contributed by atoms with Gasteiger partial charge in [-0.3, -0.25) is 0 Å². The van der Waals surface area contributed by atoms with Gasteiger partial charge in [-0.1, -0.05) is 127 Å². The fourth-order valence-corrected chi connectivity index (χ4v) is 7.22. The Labute approximate surface area is 288 Å². The molecule has 0 aliphatic rings. The van der Waals surface area contributed by atoms with E-state index >= 15 is 0 Å². The summed E-state index contributed by atoms with van der Waals surface area (Å²) in [5, 5.41) is 3.45. The van der Waals surface area contributed by atoms with Crippen LogP contribution in [0.5, 0.6) is 0 Å². The molecule has 4 nitrogen and oxygen atoms in total. The molecule has 4 heteroatoms. The molecular formula is C46H29N3O. The van der Waals surface area contributed by atoms with E-state index in [4.69, 9.17) is 14.4 Å². The van der Waals surface area contributed by atoms with Crippen LogP contribution in [0.3, 0.4) is 0 Å². The predicted octanol–water partition coefficient (Wildman–Crippen LogP) is 12.1. The van der Waals surface area contributed by atoms with Gasteiger partial charge in [-0.25, -0.2) is 9.97 Å². The van der Waals surface area contributed by atoms with E-state index < -0.39 is 0 Å². The highest BCUT2D eigenvalue weighted by molar-refractivity contribution is 6.11. The molecule has 0 spiro atoms. The van der Waals surface area contributed by atoms with Crippen LogP contribution in [-0.2, 0) is 0 Å². The molecule has 0 radical (unpaired) electrons. The second-order valence-electron chi connectivity index (χ2n) is 12.6. The third-order valence-corrected chi connectivity index (χ3v) is 9.61. The standard InChI is InChI=1S/C46H29N3O/c1-4-13-30(14-5-1)43-45-44(48-46(47-43)31-15-6-2-7-16-31)39-29-35(24-26-42(39)50-45)33-18-12-17-32(27-33)34-23-25-41-38(28-34)37-21-10-11-22-40(37)49(41)36-19-8-3-9-20-36/h1-29H. The number of rotatable bonds is 5. The van der Waals surface area contributed by atoms with Gasteiger partial charge in [-0.15, -0.1) is 0 Å². The van der Waals surface area contributed by atoms with Crippen molar-refractivity contribution in [3.63, 3.8) is 0 Å². The molecular weight excluding hydrogens is 611 g/mol. The number of hydrogen-bond acceptors (Lipinski definition) is 3. The highest BCUT2D eigenvalue weighted by atomic mass is 16.3. The summed E-state index contributed by atoms with van der Waals surface area (Å²) in [6, 6.07) is 61.6. The summed E-state index contributed by atoms with van der Waals surface area (Å²) < 4.78 is 8.85. The Bertz CT molecular complexity index is 2850. The number of aromatic nitrogens is 3. The van der Waals surface area contributed by atoms with E-state index in [-0.39, 0.29) is 0 Å². The summed E-state index contributed by atoms with van der Waals surface area (Å²) in [5.41, 5.74) is 13.2. The van der Waals surface area contributed by atoms with Crippen molar-refractivity contribution < 1.29 is 4.42 Å². The maximum Gasteiger partial charge on any atom is 0.180 e. The Kier molecular flexibility index (Phi) is 6.46. The lowest BCUT2D eigenvalue weighted by molar-refractivity contribution is 0.667. The molecule has 0 amide bonds. The van der Waals surface area contributed by atoms with Crippen molar-refractivity contribution in [2.75, 3.05) is 0 Å². The molecule has 0 aliphatic carbocycles. The Morgan fingerprint density at radius 3 is 1.74 bits per heavy atom. The molecule has 0 unspecified atom stereocenters. The third-order valence-electron chi connectivity index (χ3n) is 9.61. The molecule has 234 valence electrons. The highest BCUT2D eigenvalue weighted by Gasteiger charge is 2.19. The van der Waals surface area contributed by atoms with E-state index in [2.05, 4.69) is 132 Å². The van der Waals surface area contributed by atoms with Crippen LogP contribution in [0.15, 0.2) is 180 Å². The lowest BCUT2D eigenvalue weighted by Gasteiger charge is -2.09. The molecule has 0 saturated carbocycles. The van der Waals surface area contributed by atoms with Gasteiger partial charge < -0.3 is 8.98 Å². The van der Waals surface area contributed by atoms with Crippen molar-refractivity contribution in [2.24, 2.45) is 0 Å². The highest BCUT2D eigenvalue weighted by Crippen LogP contribution is 2.39. The van der Waals surface area contributed by atoms with Gasteiger partial charge in [-0.05, 0) is 70.8 Å². The summed E-state index contributed by atoms with van der Waals surface area (Å²) in [4.78, 5) is 10.1. The summed E-state index contributed by atoms with van der Waals surface area (Å²) in [5.74, 6) is 0.677. The van der Waals surface area contributed by atoms with Gasteiger partial charge in [0.2, 0.25) is 0 Å². The quantitative estimate of drug-likeness (QED) is 0.188. The Morgan fingerprint density at radius 2 is 0.980 bits per heavy atom. The molecule has 0 atom stereocenters. The predicted molar refractivity (Wildman–Crippen MR) is 205 cm³/mol. The van der Waals surface area contributed by atoms with Gasteiger partial charge in [0.1, 0.15) is 16.8 Å². The molecule has 0 N–H and O–H groups in total. The van der Waals surface area contributed by atoms with Crippen LogP contribution in [0, 0.1) is 0 Å². The number of fused-ring (bicyclic) bond motifs is 6. The second-order valence-corrected chi connectivity index (χ2v) is 12.6. The van der Waals surface area contributed by atoms with Crippen molar-refractivity contribution in [3.8, 4) is 50.6 Å². The minimum atomic E-state index is 0.677. The molecule has 0 fully saturated rings. The van der Waals surface area contributed by atoms with Gasteiger partial charge >= 0.3 is 0 Å². The van der Waals surface area contributed by atoms with E-state index in [0.717, 1.165) is 55.7 Å². The number of nitrogens with zero attached hydrogens (tertiary/aromatic N) is 3. The van der Waals surface area contributed by atoms with Gasteiger partial charge in [-0.2, -0.15) is 0 Å². The topological polar surface area (TPSA) is 43.9 Å². The van der Waals surface area contributed by atoms with Crippen molar-refractivity contribution >= 4 is 43.9 Å². The SMILES string of the molecule is c1ccc(-c2nc(-c3ccccc3)c3oc4ccc(-c5cccc(-c6ccc7c(c6)c6ccccc6n7-c6ccccc6)c5)cc4c3n2)cc1. The normalized spacial score (nSPS) is 11.6. The van der Waals surface area contributed by atoms with Crippen LogP contribution < -0.4 is 0 Å². The molecule has 10 aromatic rings. The molecule has 0 aliphatic heterocycles. The van der Waals surface area contributed by atoms with E-state index in [1.54, 1.807) is 0 Å². The average Bonchev–Trinajstić information content (AvgIpc) is 3.73. The zero-order chi connectivity index (χ0) is 33.0. The first kappa shape index (κ1) is 28.3. The minimum Gasteiger partial charge on any atom is -0.452 e. The summed E-state index contributed by atoms with van der Waals surface area (Å²) in [6.45, 7) is 0. The Balaban J connectivity index is 1.11. The smallest absolute Gasteiger partial charge is 0.180 e. The summed E-state index contributed by atoms with van der Waals surface area (Å²) in [6.07, 6.45) is 0. The van der Waals surface area contributed by atoms with E-state index in [1.165, 1.54) is 27.4 Å². The largest absolute Gasteiger partial charge is 0.452 e. The fraction of sp³-hybridized carbons (Fsp3) is 0. The number of furan rings is 1. The van der Waals surface area contributed by atoms with Crippen LogP contribution in [0.25, 0.3) is 94.5 Å². The third kappa shape index (κ3) is 4.61. The average molecular weight is 640 g/mol. The first-order chi connectivity index (χ1) is 24.8. The summed E-state index contributed by atoms with van der Waals surface area (Å²) in [7, 11) is 0. The second kappa shape index (κ2) is 11.4. The minimum absolute atomic E-state index is 0.677. The van der Waals surface area contributed by atoms with Crippen LogP contribution in [0.1, 0.15) is 0 Å². The maximum atomic E-state index is 6.50. The lowest BCUT2D eigenvalue weighted by Crippen LogP contribution is -1.93. The molecule has 10 rings (SSSR count). The first-order valence-corrected chi connectivity index (χ1v) is 16.8. The van der Waals surface area contributed by atoms with Crippen LogP contribution >= 0.6 is 0 Å². The number of para-hydroxylation sites is 2. The van der Waals surface area contributed by atoms with Crippen molar-refractivity contribution in [2.45, 2.75) is 0 Å². The van der Waals surface area contributed by atoms with E-state index in [9.17, 15) is 0 Å². The van der Waals surface area contributed by atoms with Crippen LogP contribution in [0.2, 0.25) is 0 Å². The Hall–Kier alpha value is -6.78. The number of hydrogen-bond donors (Lipinski definition) is 0. The molecule has 3 aromatic heterocycles. The fourth-order valence-electron chi connectivity index (χ4n) is 7.22. The van der Waals surface area contributed by atoms with Gasteiger partial charge in [0.25, 0.3) is 0 Å². The van der Waals surface area contributed by atoms with Crippen molar-refractivity contribution in [1.29, 1.82) is 0 Å². The molecule has 3 heterocycles. The zero-order valence-electron chi connectivity index (χ0n) is 27.0. The van der Waals surface area contributed by atoms with Gasteiger partial charge in [0, 0.05) is 33.0 Å². The molecule has 7 aromatic carbocycles. The Morgan fingerprint density at radius 1 is 0.400 bits per heavy atom. The maximum absolute atomic E-state index is 6.50. The monoisotopic (exact) mass is 639 g/mol. The number of benzene rings is 7. The van der Waals surface area contributed by atoms with E-state index in [1.807, 2.05) is 48.5 Å². The lowest BCUT2D eigenvalue weighted by atomic mass is 9.97. The van der Waals surface area contributed by atoms with Crippen LogP contribution in [-0.4, -0.2) is 14.5 Å². The summed E-state index contributed by atoms with van der Waals surface area (Å²) >= 11 is 0. The molecule has 50 heavy (non-hydrogen) atoms. The van der Waals surface area contributed by atoms with Crippen molar-refractivity contribution in [3.05, 3.63) is 176 Å². The van der Waals surface area contributed by atoms with Crippen LogP contribution in [0.4, 0.5) is 0 Å². The van der Waals surface area contributed by atoms with E-state index in [0.29, 0.717) is 11.4 Å². The molecule has 0 saturated heterocycles. The van der Waals surface area contributed by atoms with Gasteiger partial charge in [0.15, 0.2) is 11.4 Å². The zero-order valence-corrected chi connectivity index (χ0v) is 27.0.